The zero-order chi connectivity index (χ0) is 6.57. The maximum atomic E-state index is 11.0. The number of hydrogen-bond acceptors (Lipinski definition) is 1. The van der Waals surface area contributed by atoms with Crippen molar-refractivity contribution >= 4 is 6.03 Å². The van der Waals surface area contributed by atoms with E-state index in [9.17, 15) is 13.8 Å². The summed E-state index contributed by atoms with van der Waals surface area (Å²) in [7, 11) is 0. The number of urea groups is 1. The first-order chi connectivity index (χ1) is 3.68. The van der Waals surface area contributed by atoms with Gasteiger partial charge in [-0.15, -0.1) is 0 Å². The van der Waals surface area contributed by atoms with Crippen molar-refractivity contribution in [1.29, 1.82) is 0 Å². The minimum Gasteiger partial charge on any atom is -0.334 e. The number of amides is 2. The third-order valence-electron chi connectivity index (χ3n) is 0.482. The summed E-state index contributed by atoms with van der Waals surface area (Å²) in [5.41, 5.74) is 0. The maximum absolute atomic E-state index is 11.0. The summed E-state index contributed by atoms with van der Waals surface area (Å²) in [4.78, 5) is 9.81. The van der Waals surface area contributed by atoms with Gasteiger partial charge in [0.25, 0.3) is 0 Å². The van der Waals surface area contributed by atoms with Crippen molar-refractivity contribution in [2.75, 3.05) is 6.54 Å². The van der Waals surface area contributed by atoms with Gasteiger partial charge in [0.2, 0.25) is 0 Å². The number of carbonyl (C=O) groups excluding carboxylic acids is 1. The topological polar surface area (TPSA) is 32.3 Å². The van der Waals surface area contributed by atoms with Crippen LogP contribution in [-0.4, -0.2) is 17.9 Å². The molecule has 0 spiro atoms. The standard InChI is InChI=1S/C3H6F2N2O/c1-2-6-3(8)7(4)5/h2H2,1H3,(H,6,8). The van der Waals surface area contributed by atoms with Crippen molar-refractivity contribution < 1.29 is 13.8 Å². The average Bonchev–Trinajstić information content (AvgIpc) is 1.67. The molecule has 0 aromatic rings. The number of nitrogens with one attached hydrogen (secondary N) is 1. The highest BCUT2D eigenvalue weighted by Gasteiger charge is 2.07. The maximum Gasteiger partial charge on any atom is 0.376 e. The molecule has 0 radical (unpaired) electrons. The Morgan fingerprint density at radius 2 is 2.25 bits per heavy atom. The molecule has 0 aliphatic heterocycles. The lowest BCUT2D eigenvalue weighted by molar-refractivity contribution is -0.0987. The van der Waals surface area contributed by atoms with Crippen LogP contribution in [0.2, 0.25) is 0 Å². The van der Waals surface area contributed by atoms with Gasteiger partial charge in [-0.25, -0.2) is 4.79 Å². The minimum atomic E-state index is -1.50. The lowest BCUT2D eigenvalue weighted by Crippen LogP contribution is -2.29. The van der Waals surface area contributed by atoms with Crippen molar-refractivity contribution in [1.82, 2.24) is 10.7 Å². The highest BCUT2D eigenvalue weighted by molar-refractivity contribution is 5.71. The Hall–Kier alpha value is -0.870. The van der Waals surface area contributed by atoms with Crippen LogP contribution >= 0.6 is 0 Å². The predicted octanol–water partition coefficient (Wildman–Crippen LogP) is 0.787. The van der Waals surface area contributed by atoms with E-state index in [2.05, 4.69) is 0 Å². The van der Waals surface area contributed by atoms with Gasteiger partial charge in [0, 0.05) is 11.9 Å². The van der Waals surface area contributed by atoms with Crippen molar-refractivity contribution in [3.8, 4) is 0 Å². The van der Waals surface area contributed by atoms with Gasteiger partial charge in [0.1, 0.15) is 0 Å². The van der Waals surface area contributed by atoms with Crippen LogP contribution in [0.3, 0.4) is 0 Å². The molecule has 0 aromatic heterocycles. The Kier molecular flexibility index (Phi) is 2.83. The highest BCUT2D eigenvalue weighted by Crippen LogP contribution is 1.87. The number of halogens is 2. The number of nitrogens with zero attached hydrogens (tertiary/aromatic N) is 1. The van der Waals surface area contributed by atoms with Crippen LogP contribution in [0.1, 0.15) is 6.92 Å². The summed E-state index contributed by atoms with van der Waals surface area (Å²) in [6, 6.07) is -1.37. The molecule has 0 saturated carbocycles. The van der Waals surface area contributed by atoms with E-state index in [0.717, 1.165) is 0 Å². The second-order valence-electron chi connectivity index (χ2n) is 1.07. The monoisotopic (exact) mass is 124 g/mol. The van der Waals surface area contributed by atoms with E-state index in [-0.39, 0.29) is 6.54 Å². The van der Waals surface area contributed by atoms with Gasteiger partial charge in [0.15, 0.2) is 0 Å². The van der Waals surface area contributed by atoms with Crippen molar-refractivity contribution in [2.24, 2.45) is 0 Å². The molecule has 8 heavy (non-hydrogen) atoms. The molecule has 5 heteroatoms. The highest BCUT2D eigenvalue weighted by atomic mass is 19.4. The Bertz CT molecular complexity index is 85.4. The molecule has 1 N–H and O–H groups in total. The summed E-state index contributed by atoms with van der Waals surface area (Å²) in [5, 5.41) is 0.385. The Morgan fingerprint density at radius 1 is 1.75 bits per heavy atom. The van der Waals surface area contributed by atoms with Gasteiger partial charge in [-0.2, -0.15) is 0 Å². The summed E-state index contributed by atoms with van der Waals surface area (Å²) in [6.07, 6.45) is 0. The van der Waals surface area contributed by atoms with Crippen LogP contribution < -0.4 is 5.32 Å². The van der Waals surface area contributed by atoms with Gasteiger partial charge in [-0.3, -0.25) is 0 Å². The Morgan fingerprint density at radius 3 is 2.38 bits per heavy atom. The van der Waals surface area contributed by atoms with Gasteiger partial charge < -0.3 is 5.32 Å². The number of hydrogen-bond donors (Lipinski definition) is 1. The molecule has 0 unspecified atom stereocenters. The zero-order valence-electron chi connectivity index (χ0n) is 4.32. The largest absolute Gasteiger partial charge is 0.376 e. The van der Waals surface area contributed by atoms with E-state index >= 15 is 0 Å². The van der Waals surface area contributed by atoms with Crippen LogP contribution in [0.25, 0.3) is 0 Å². The third-order valence-corrected chi connectivity index (χ3v) is 0.482. The zero-order valence-corrected chi connectivity index (χ0v) is 4.32. The summed E-state index contributed by atoms with van der Waals surface area (Å²) < 4.78 is 22.1. The third kappa shape index (κ3) is 2.33. The normalized spacial score (nSPS) is 8.38. The quantitative estimate of drug-likeness (QED) is 0.515. The van der Waals surface area contributed by atoms with E-state index in [1.165, 1.54) is 0 Å². The summed E-state index contributed by atoms with van der Waals surface area (Å²) in [5.74, 6) is 0. The van der Waals surface area contributed by atoms with Crippen LogP contribution in [0.15, 0.2) is 0 Å². The van der Waals surface area contributed by atoms with E-state index < -0.39 is 11.4 Å². The van der Waals surface area contributed by atoms with Crippen molar-refractivity contribution in [3.05, 3.63) is 0 Å². The fourth-order valence-corrected chi connectivity index (χ4v) is 0.211. The molecular formula is C3H6F2N2O. The van der Waals surface area contributed by atoms with Crippen LogP contribution in [0.4, 0.5) is 13.8 Å². The van der Waals surface area contributed by atoms with Gasteiger partial charge >= 0.3 is 6.03 Å². The van der Waals surface area contributed by atoms with Gasteiger partial charge in [-0.1, -0.05) is 8.96 Å². The first-order valence-corrected chi connectivity index (χ1v) is 2.08. The fourth-order valence-electron chi connectivity index (χ4n) is 0.211. The number of carbonyl (C=O) groups is 1. The minimum absolute atomic E-state index is 0.211. The summed E-state index contributed by atoms with van der Waals surface area (Å²) >= 11 is 0. The number of rotatable bonds is 1. The summed E-state index contributed by atoms with van der Waals surface area (Å²) in [6.45, 7) is 1.77. The first kappa shape index (κ1) is 7.13. The average molecular weight is 124 g/mol. The molecule has 0 heterocycles. The van der Waals surface area contributed by atoms with E-state index in [0.29, 0.717) is 0 Å². The van der Waals surface area contributed by atoms with E-state index in [1.807, 2.05) is 5.32 Å². The predicted molar refractivity (Wildman–Crippen MR) is 23.1 cm³/mol. The van der Waals surface area contributed by atoms with Crippen molar-refractivity contribution in [2.45, 2.75) is 6.92 Å². The lowest BCUT2D eigenvalue weighted by Gasteiger charge is -1.98. The van der Waals surface area contributed by atoms with E-state index in [4.69, 9.17) is 0 Å². The van der Waals surface area contributed by atoms with Crippen LogP contribution in [0.5, 0.6) is 0 Å². The molecule has 0 rings (SSSR count). The molecule has 3 nitrogen and oxygen atoms in total. The van der Waals surface area contributed by atoms with Crippen molar-refractivity contribution in [3.63, 3.8) is 0 Å². The molecule has 0 atom stereocenters. The molecule has 0 aliphatic rings. The lowest BCUT2D eigenvalue weighted by atomic mass is 10.7. The molecule has 0 aliphatic carbocycles. The smallest absolute Gasteiger partial charge is 0.334 e. The fraction of sp³-hybridized carbons (Fsp3) is 0.667. The Labute approximate surface area is 45.1 Å². The SMILES string of the molecule is CCNC(=O)N(F)F. The molecule has 0 fully saturated rings. The van der Waals surface area contributed by atoms with Gasteiger partial charge in [0.05, 0.1) is 0 Å². The van der Waals surface area contributed by atoms with Crippen LogP contribution in [-0.2, 0) is 0 Å². The molecule has 48 valence electrons. The van der Waals surface area contributed by atoms with Crippen LogP contribution in [0, 0.1) is 0 Å². The van der Waals surface area contributed by atoms with Gasteiger partial charge in [-0.05, 0) is 6.92 Å². The molecule has 0 aromatic carbocycles. The molecule has 0 saturated heterocycles. The van der Waals surface area contributed by atoms with E-state index in [1.54, 1.807) is 6.92 Å². The molecule has 2 amide bonds. The first-order valence-electron chi connectivity index (χ1n) is 2.08. The molecule has 0 bridgehead atoms. The second kappa shape index (κ2) is 3.17. The Balaban J connectivity index is 3.33. The second-order valence-corrected chi connectivity index (χ2v) is 1.07. The molecular weight excluding hydrogens is 118 g/mol.